The van der Waals surface area contributed by atoms with Crippen molar-refractivity contribution in [1.82, 2.24) is 29.4 Å². The number of pyridine rings is 1. The number of hydrogen-bond acceptors (Lipinski definition) is 8. The van der Waals surface area contributed by atoms with E-state index in [9.17, 15) is 24.3 Å². The highest BCUT2D eigenvalue weighted by atomic mass is 16.3. The number of amides is 4. The third-order valence-electron chi connectivity index (χ3n) is 11.6. The van der Waals surface area contributed by atoms with E-state index in [1.165, 1.54) is 6.42 Å². The van der Waals surface area contributed by atoms with E-state index in [-0.39, 0.29) is 68.4 Å². The van der Waals surface area contributed by atoms with Crippen molar-refractivity contribution in [2.45, 2.75) is 57.3 Å². The number of aromatic nitrogens is 2. The van der Waals surface area contributed by atoms with E-state index in [1.807, 2.05) is 72.3 Å². The van der Waals surface area contributed by atoms with E-state index in [0.29, 0.717) is 17.7 Å². The number of fused-ring (bicyclic) bond motifs is 2. The Morgan fingerprint density at radius 3 is 2.44 bits per heavy atom. The molecule has 13 heteroatoms. The van der Waals surface area contributed by atoms with Crippen LogP contribution in [0, 0.1) is 0 Å². The first-order valence-electron chi connectivity index (χ1n) is 20.4. The Morgan fingerprint density at radius 2 is 1.71 bits per heavy atom. The summed E-state index contributed by atoms with van der Waals surface area (Å²) in [5.74, 6) is 0.0695. The summed E-state index contributed by atoms with van der Waals surface area (Å²) in [7, 11) is 1.88. The summed E-state index contributed by atoms with van der Waals surface area (Å²) >= 11 is 0. The fourth-order valence-electron chi connectivity index (χ4n) is 8.81. The fraction of sp³-hybridized carbons (Fsp3) is 0.326. The van der Waals surface area contributed by atoms with Crippen molar-refractivity contribution in [3.05, 3.63) is 132 Å². The normalized spacial score (nSPS) is 18.6. The molecular formula is C46H50N8O5. The maximum Gasteiger partial charge on any atom is 0.257 e. The lowest BCUT2D eigenvalue weighted by atomic mass is 9.97. The molecule has 3 aliphatic rings. The fourth-order valence-corrected chi connectivity index (χ4v) is 8.81. The molecule has 3 aliphatic heterocycles. The maximum atomic E-state index is 14.7. The second-order valence-corrected chi connectivity index (χ2v) is 15.6. The molecule has 0 unspecified atom stereocenters. The van der Waals surface area contributed by atoms with Crippen LogP contribution in [0.4, 0.5) is 11.5 Å². The van der Waals surface area contributed by atoms with Gasteiger partial charge in [-0.2, -0.15) is 0 Å². The van der Waals surface area contributed by atoms with Crippen LogP contribution in [0.5, 0.6) is 5.75 Å². The number of aromatic hydroxyl groups is 1. The summed E-state index contributed by atoms with van der Waals surface area (Å²) in [6.07, 6.45) is 8.84. The molecule has 8 rings (SSSR count). The lowest BCUT2D eigenvalue weighted by Crippen LogP contribution is -2.75. The topological polar surface area (TPSA) is 135 Å². The highest BCUT2D eigenvalue weighted by molar-refractivity contribution is 6.13. The number of carbonyl (C=O) groups is 4. The number of benzene rings is 3. The standard InChI is InChI=1S/C46H50N8O5/c1-3-23-52-31-43(57)53-39(26-33-15-19-36(55)20-16-33)46(59)51(30-41(53)54(52)42(56)22-17-32-11-6-4-7-12-32)28-34-13-10-14-37-38(29-49(2)44(34)37)45(58)48-35-18-21-40(47-27-35)50-24-8-5-9-25-50/h3-4,6-7,10-16,18-21,27,29,39,41,55H,1,5,8-9,17,22-26,28,30-31H2,2H3,(H,48,58)/t39-,41-/m0/s1. The second kappa shape index (κ2) is 17.2. The number of nitrogens with one attached hydrogen (secondary N) is 1. The molecule has 304 valence electrons. The molecule has 3 aromatic carbocycles. The summed E-state index contributed by atoms with van der Waals surface area (Å²) < 4.78 is 1.90. The Balaban J connectivity index is 1.09. The smallest absolute Gasteiger partial charge is 0.257 e. The van der Waals surface area contributed by atoms with Crippen LogP contribution in [-0.4, -0.2) is 103 Å². The van der Waals surface area contributed by atoms with Crippen molar-refractivity contribution >= 4 is 46.0 Å². The van der Waals surface area contributed by atoms with Gasteiger partial charge in [0.25, 0.3) is 5.91 Å². The number of anilines is 2. The van der Waals surface area contributed by atoms with Crippen LogP contribution in [0.1, 0.15) is 52.7 Å². The third-order valence-corrected chi connectivity index (χ3v) is 11.6. The molecule has 5 heterocycles. The van der Waals surface area contributed by atoms with Crippen molar-refractivity contribution in [3.63, 3.8) is 0 Å². The van der Waals surface area contributed by atoms with Crippen LogP contribution in [0.2, 0.25) is 0 Å². The summed E-state index contributed by atoms with van der Waals surface area (Å²) in [6.45, 7) is 6.32. The van der Waals surface area contributed by atoms with Gasteiger partial charge in [0, 0.05) is 57.7 Å². The van der Waals surface area contributed by atoms with Gasteiger partial charge in [-0.05, 0) is 66.6 Å². The van der Waals surface area contributed by atoms with Crippen molar-refractivity contribution in [3.8, 4) is 5.75 Å². The van der Waals surface area contributed by atoms with Crippen LogP contribution < -0.4 is 10.2 Å². The first kappa shape index (κ1) is 39.4. The number of hydrogen-bond donors (Lipinski definition) is 2. The summed E-state index contributed by atoms with van der Waals surface area (Å²) in [4.78, 5) is 67.1. The number of para-hydroxylation sites is 1. The molecule has 0 radical (unpaired) electrons. The van der Waals surface area contributed by atoms with Gasteiger partial charge in [-0.25, -0.2) is 15.0 Å². The Labute approximate surface area is 344 Å². The monoisotopic (exact) mass is 794 g/mol. The Hall–Kier alpha value is -6.47. The molecule has 13 nitrogen and oxygen atoms in total. The van der Waals surface area contributed by atoms with Gasteiger partial charge in [0.2, 0.25) is 17.7 Å². The van der Waals surface area contributed by atoms with Crippen molar-refractivity contribution in [1.29, 1.82) is 0 Å². The molecule has 0 saturated carbocycles. The second-order valence-electron chi connectivity index (χ2n) is 15.6. The van der Waals surface area contributed by atoms with Gasteiger partial charge in [0.05, 0.1) is 36.1 Å². The quantitative estimate of drug-likeness (QED) is 0.158. The molecule has 0 aliphatic carbocycles. The first-order chi connectivity index (χ1) is 28.7. The van der Waals surface area contributed by atoms with E-state index in [1.54, 1.807) is 62.6 Å². The van der Waals surface area contributed by atoms with Crippen LogP contribution in [0.25, 0.3) is 10.9 Å². The molecule has 0 spiro atoms. The first-order valence-corrected chi connectivity index (χ1v) is 20.4. The van der Waals surface area contributed by atoms with Gasteiger partial charge in [0.15, 0.2) is 0 Å². The highest BCUT2D eigenvalue weighted by Crippen LogP contribution is 2.32. The minimum atomic E-state index is -0.912. The molecule has 2 N–H and O–H groups in total. The third kappa shape index (κ3) is 8.28. The molecule has 3 fully saturated rings. The highest BCUT2D eigenvalue weighted by Gasteiger charge is 2.51. The average molecular weight is 795 g/mol. The van der Waals surface area contributed by atoms with Crippen LogP contribution in [0.3, 0.4) is 0 Å². The van der Waals surface area contributed by atoms with Gasteiger partial charge in [0.1, 0.15) is 23.8 Å². The largest absolute Gasteiger partial charge is 0.508 e. The van der Waals surface area contributed by atoms with Gasteiger partial charge in [-0.1, -0.05) is 66.7 Å². The predicted molar refractivity (Wildman–Crippen MR) is 226 cm³/mol. The van der Waals surface area contributed by atoms with Crippen molar-refractivity contribution < 1.29 is 24.3 Å². The van der Waals surface area contributed by atoms with Gasteiger partial charge in [-0.3, -0.25) is 19.2 Å². The van der Waals surface area contributed by atoms with Gasteiger partial charge in [-0.15, -0.1) is 6.58 Å². The summed E-state index contributed by atoms with van der Waals surface area (Å²) in [5.41, 5.74) is 4.49. The minimum Gasteiger partial charge on any atom is -0.508 e. The number of rotatable bonds is 12. The Bertz CT molecular complexity index is 2340. The number of phenols is 1. The zero-order valence-electron chi connectivity index (χ0n) is 33.4. The van der Waals surface area contributed by atoms with Crippen molar-refractivity contribution in [2.24, 2.45) is 7.05 Å². The molecule has 4 amide bonds. The van der Waals surface area contributed by atoms with E-state index < -0.39 is 12.2 Å². The lowest BCUT2D eigenvalue weighted by molar-refractivity contribution is -0.205. The number of carbonyl (C=O) groups excluding carboxylic acids is 4. The Kier molecular flexibility index (Phi) is 11.5. The molecule has 2 atom stereocenters. The van der Waals surface area contributed by atoms with Crippen molar-refractivity contribution in [2.75, 3.05) is 42.9 Å². The predicted octanol–water partition coefficient (Wildman–Crippen LogP) is 5.51. The molecule has 3 saturated heterocycles. The number of phenolic OH excluding ortho intramolecular Hbond substituents is 1. The van der Waals surface area contributed by atoms with E-state index >= 15 is 0 Å². The number of piperidine rings is 1. The lowest BCUT2D eigenvalue weighted by Gasteiger charge is -2.55. The molecule has 2 aromatic heterocycles. The minimum absolute atomic E-state index is 0.0783. The van der Waals surface area contributed by atoms with E-state index in [4.69, 9.17) is 0 Å². The molecule has 5 aromatic rings. The number of hydrazine groups is 1. The maximum absolute atomic E-state index is 14.7. The molecule has 59 heavy (non-hydrogen) atoms. The van der Waals surface area contributed by atoms with E-state index in [2.05, 4.69) is 21.8 Å². The molecular weight excluding hydrogens is 745 g/mol. The van der Waals surface area contributed by atoms with E-state index in [0.717, 1.165) is 59.3 Å². The summed E-state index contributed by atoms with van der Waals surface area (Å²) in [6, 6.07) is 25.1. The van der Waals surface area contributed by atoms with Crippen LogP contribution in [0.15, 0.2) is 110 Å². The number of aryl methyl sites for hydroxylation is 2. The number of piperazine rings is 1. The molecule has 0 bridgehead atoms. The van der Waals surface area contributed by atoms with Gasteiger partial charge >= 0.3 is 0 Å². The van der Waals surface area contributed by atoms with Crippen LogP contribution >= 0.6 is 0 Å². The van der Waals surface area contributed by atoms with Gasteiger partial charge < -0.3 is 29.7 Å². The zero-order chi connectivity index (χ0) is 41.0. The Morgan fingerprint density at radius 1 is 0.932 bits per heavy atom. The zero-order valence-corrected chi connectivity index (χ0v) is 33.4. The average Bonchev–Trinajstić information content (AvgIpc) is 3.60. The SMILES string of the molecule is C=CCN1CC(=O)N2[C@@H](Cc3ccc(O)cc3)C(=O)N(Cc3cccc4c(C(=O)Nc5ccc(N6CCCCC6)nc5)cn(C)c34)C[C@@H]2N1C(=O)CCc1ccccc1. The summed E-state index contributed by atoms with van der Waals surface area (Å²) in [5, 5.41) is 17.1. The number of nitrogens with zero attached hydrogens (tertiary/aromatic N) is 7. The van der Waals surface area contributed by atoms with Crippen LogP contribution in [-0.2, 0) is 40.8 Å².